The Morgan fingerprint density at radius 3 is 3.06 bits per heavy atom. The summed E-state index contributed by atoms with van der Waals surface area (Å²) in [6.07, 6.45) is 0. The van der Waals surface area contributed by atoms with Gasteiger partial charge in [-0.2, -0.15) is 0 Å². The van der Waals surface area contributed by atoms with Crippen molar-refractivity contribution in [2.75, 3.05) is 19.6 Å². The minimum Gasteiger partial charge on any atom is -0.508 e. The second-order valence-corrected chi connectivity index (χ2v) is 5.42. The van der Waals surface area contributed by atoms with Gasteiger partial charge in [-0.3, -0.25) is 4.90 Å². The second kappa shape index (κ2) is 4.31. The molecular formula is C14H20N2O. The molecule has 2 N–H and O–H groups in total. The smallest absolute Gasteiger partial charge is 0.115 e. The van der Waals surface area contributed by atoms with E-state index in [-0.39, 0.29) is 0 Å². The molecule has 0 aliphatic carbocycles. The first-order valence-electron chi connectivity index (χ1n) is 6.47. The highest BCUT2D eigenvalue weighted by atomic mass is 16.3. The van der Waals surface area contributed by atoms with Gasteiger partial charge in [-0.05, 0) is 49.5 Å². The van der Waals surface area contributed by atoms with Crippen LogP contribution in [0.15, 0.2) is 24.3 Å². The molecule has 92 valence electrons. The summed E-state index contributed by atoms with van der Waals surface area (Å²) in [5.74, 6) is 2.01. The molecule has 1 aromatic carbocycles. The Labute approximate surface area is 102 Å². The SMILES string of the molecule is CC1C2CNCC2CN1Cc1cccc(O)c1. The molecule has 0 spiro atoms. The van der Waals surface area contributed by atoms with Gasteiger partial charge in [-0.15, -0.1) is 0 Å². The Balaban J connectivity index is 1.70. The summed E-state index contributed by atoms with van der Waals surface area (Å²) in [6, 6.07) is 8.28. The maximum Gasteiger partial charge on any atom is 0.115 e. The van der Waals surface area contributed by atoms with E-state index >= 15 is 0 Å². The van der Waals surface area contributed by atoms with Gasteiger partial charge in [0.2, 0.25) is 0 Å². The van der Waals surface area contributed by atoms with E-state index in [1.165, 1.54) is 25.2 Å². The number of fused-ring (bicyclic) bond motifs is 1. The van der Waals surface area contributed by atoms with Gasteiger partial charge < -0.3 is 10.4 Å². The van der Waals surface area contributed by atoms with Crippen LogP contribution in [-0.2, 0) is 6.54 Å². The first-order valence-corrected chi connectivity index (χ1v) is 6.47. The molecule has 17 heavy (non-hydrogen) atoms. The molecule has 3 unspecified atom stereocenters. The van der Waals surface area contributed by atoms with Crippen molar-refractivity contribution in [3.8, 4) is 5.75 Å². The van der Waals surface area contributed by atoms with Gasteiger partial charge in [0.1, 0.15) is 5.75 Å². The lowest BCUT2D eigenvalue weighted by Gasteiger charge is -2.24. The first-order chi connectivity index (χ1) is 8.24. The van der Waals surface area contributed by atoms with E-state index < -0.39 is 0 Å². The van der Waals surface area contributed by atoms with E-state index in [1.807, 2.05) is 12.1 Å². The number of phenols is 1. The lowest BCUT2D eigenvalue weighted by atomic mass is 9.95. The molecule has 0 saturated carbocycles. The molecular weight excluding hydrogens is 212 g/mol. The van der Waals surface area contributed by atoms with E-state index in [9.17, 15) is 5.11 Å². The largest absolute Gasteiger partial charge is 0.508 e. The Bertz CT molecular complexity index is 407. The monoisotopic (exact) mass is 232 g/mol. The average Bonchev–Trinajstić information content (AvgIpc) is 2.84. The predicted octanol–water partition coefficient (Wildman–Crippen LogP) is 1.43. The molecule has 3 atom stereocenters. The maximum absolute atomic E-state index is 9.49. The fourth-order valence-electron chi connectivity index (χ4n) is 3.35. The minimum atomic E-state index is 0.371. The Morgan fingerprint density at radius 2 is 2.29 bits per heavy atom. The van der Waals surface area contributed by atoms with Crippen LogP contribution >= 0.6 is 0 Å². The molecule has 0 aromatic heterocycles. The molecule has 2 fully saturated rings. The van der Waals surface area contributed by atoms with Gasteiger partial charge >= 0.3 is 0 Å². The van der Waals surface area contributed by atoms with Gasteiger partial charge in [0, 0.05) is 19.1 Å². The van der Waals surface area contributed by atoms with Crippen molar-refractivity contribution in [1.82, 2.24) is 10.2 Å². The van der Waals surface area contributed by atoms with E-state index in [1.54, 1.807) is 6.07 Å². The van der Waals surface area contributed by atoms with Gasteiger partial charge in [-0.1, -0.05) is 12.1 Å². The minimum absolute atomic E-state index is 0.371. The van der Waals surface area contributed by atoms with Crippen molar-refractivity contribution in [3.63, 3.8) is 0 Å². The van der Waals surface area contributed by atoms with E-state index in [2.05, 4.69) is 23.2 Å². The van der Waals surface area contributed by atoms with Crippen molar-refractivity contribution < 1.29 is 5.11 Å². The van der Waals surface area contributed by atoms with Crippen LogP contribution in [0.1, 0.15) is 12.5 Å². The summed E-state index contributed by atoms with van der Waals surface area (Å²) < 4.78 is 0. The number of phenolic OH excluding ortho intramolecular Hbond substituents is 1. The molecule has 2 saturated heterocycles. The highest BCUT2D eigenvalue weighted by Gasteiger charge is 2.41. The lowest BCUT2D eigenvalue weighted by molar-refractivity contribution is 0.231. The average molecular weight is 232 g/mol. The molecule has 2 heterocycles. The zero-order valence-electron chi connectivity index (χ0n) is 10.3. The number of likely N-dealkylation sites (tertiary alicyclic amines) is 1. The summed E-state index contributed by atoms with van der Waals surface area (Å²) in [5, 5.41) is 13.0. The standard InChI is InChI=1S/C14H20N2O/c1-10-14-7-15-6-12(14)9-16(10)8-11-3-2-4-13(17)5-11/h2-5,10,12,14-15,17H,6-9H2,1H3. The Morgan fingerprint density at radius 1 is 1.41 bits per heavy atom. The van der Waals surface area contributed by atoms with Crippen molar-refractivity contribution >= 4 is 0 Å². The summed E-state index contributed by atoms with van der Waals surface area (Å²) in [7, 11) is 0. The number of hydrogen-bond acceptors (Lipinski definition) is 3. The van der Waals surface area contributed by atoms with E-state index in [4.69, 9.17) is 0 Å². The maximum atomic E-state index is 9.49. The number of nitrogens with one attached hydrogen (secondary N) is 1. The molecule has 3 rings (SSSR count). The van der Waals surface area contributed by atoms with Crippen LogP contribution in [0.3, 0.4) is 0 Å². The van der Waals surface area contributed by atoms with Crippen LogP contribution in [0.5, 0.6) is 5.75 Å². The van der Waals surface area contributed by atoms with Crippen LogP contribution in [0, 0.1) is 11.8 Å². The van der Waals surface area contributed by atoms with Crippen molar-refractivity contribution in [2.45, 2.75) is 19.5 Å². The molecule has 3 nitrogen and oxygen atoms in total. The van der Waals surface area contributed by atoms with Crippen LogP contribution in [-0.4, -0.2) is 35.7 Å². The third kappa shape index (κ3) is 2.05. The predicted molar refractivity (Wildman–Crippen MR) is 67.8 cm³/mol. The van der Waals surface area contributed by atoms with Crippen molar-refractivity contribution in [2.24, 2.45) is 11.8 Å². The van der Waals surface area contributed by atoms with Crippen molar-refractivity contribution in [3.05, 3.63) is 29.8 Å². The van der Waals surface area contributed by atoms with Gasteiger partial charge in [-0.25, -0.2) is 0 Å². The summed E-state index contributed by atoms with van der Waals surface area (Å²) in [4.78, 5) is 2.55. The molecule has 2 aliphatic heterocycles. The van der Waals surface area contributed by atoms with Crippen molar-refractivity contribution in [1.29, 1.82) is 0 Å². The number of aromatic hydroxyl groups is 1. The number of nitrogens with zero attached hydrogens (tertiary/aromatic N) is 1. The van der Waals surface area contributed by atoms with E-state index in [0.29, 0.717) is 11.8 Å². The Hall–Kier alpha value is -1.06. The van der Waals surface area contributed by atoms with E-state index in [0.717, 1.165) is 18.4 Å². The lowest BCUT2D eigenvalue weighted by Crippen LogP contribution is -2.32. The zero-order valence-corrected chi connectivity index (χ0v) is 10.3. The normalized spacial score (nSPS) is 32.9. The third-order valence-electron chi connectivity index (χ3n) is 4.35. The molecule has 0 radical (unpaired) electrons. The third-order valence-corrected chi connectivity index (χ3v) is 4.35. The molecule has 2 aliphatic rings. The fourth-order valence-corrected chi connectivity index (χ4v) is 3.35. The second-order valence-electron chi connectivity index (χ2n) is 5.42. The topological polar surface area (TPSA) is 35.5 Å². The summed E-state index contributed by atoms with van der Waals surface area (Å²) >= 11 is 0. The quantitative estimate of drug-likeness (QED) is 0.810. The van der Waals surface area contributed by atoms with Crippen LogP contribution in [0.25, 0.3) is 0 Å². The van der Waals surface area contributed by atoms with Gasteiger partial charge in [0.15, 0.2) is 0 Å². The number of benzene rings is 1. The highest BCUT2D eigenvalue weighted by molar-refractivity contribution is 5.27. The molecule has 1 aromatic rings. The molecule has 3 heteroatoms. The van der Waals surface area contributed by atoms with Crippen LogP contribution in [0.2, 0.25) is 0 Å². The fraction of sp³-hybridized carbons (Fsp3) is 0.571. The summed E-state index contributed by atoms with van der Waals surface area (Å²) in [6.45, 7) is 6.82. The van der Waals surface area contributed by atoms with Gasteiger partial charge in [0.25, 0.3) is 0 Å². The first kappa shape index (κ1) is 11.1. The summed E-state index contributed by atoms with van der Waals surface area (Å²) in [5.41, 5.74) is 1.21. The number of hydrogen-bond donors (Lipinski definition) is 2. The number of rotatable bonds is 2. The van der Waals surface area contributed by atoms with Gasteiger partial charge in [0.05, 0.1) is 0 Å². The van der Waals surface area contributed by atoms with Crippen LogP contribution in [0.4, 0.5) is 0 Å². The molecule has 0 bridgehead atoms. The highest BCUT2D eigenvalue weighted by Crippen LogP contribution is 2.33. The zero-order chi connectivity index (χ0) is 11.8. The Kier molecular flexibility index (Phi) is 2.81. The molecule has 0 amide bonds. The van der Waals surface area contributed by atoms with Crippen LogP contribution < -0.4 is 5.32 Å².